The van der Waals surface area contributed by atoms with E-state index in [0.29, 0.717) is 34.7 Å². The van der Waals surface area contributed by atoms with Gasteiger partial charge in [0.1, 0.15) is 5.76 Å². The first-order valence-corrected chi connectivity index (χ1v) is 8.72. The van der Waals surface area contributed by atoms with Gasteiger partial charge in [-0.15, -0.1) is 0 Å². The fourth-order valence-corrected chi connectivity index (χ4v) is 3.29. The van der Waals surface area contributed by atoms with E-state index in [2.05, 4.69) is 9.88 Å². The van der Waals surface area contributed by atoms with Crippen molar-refractivity contribution in [2.45, 2.75) is 13.3 Å². The number of carbonyl (C=O) groups excluding carboxylic acids is 1. The van der Waals surface area contributed by atoms with Crippen LogP contribution in [0.2, 0.25) is 5.02 Å². The molecule has 0 bridgehead atoms. The molecule has 0 atom stereocenters. The maximum absolute atomic E-state index is 13.0. The minimum atomic E-state index is -0.0380. The number of aromatic nitrogens is 1. The van der Waals surface area contributed by atoms with Crippen LogP contribution in [0.1, 0.15) is 11.5 Å². The quantitative estimate of drug-likeness (QED) is 0.698. The number of carbonyl (C=O) groups is 1. The van der Waals surface area contributed by atoms with Crippen molar-refractivity contribution in [3.63, 3.8) is 0 Å². The van der Waals surface area contributed by atoms with Crippen molar-refractivity contribution in [3.05, 3.63) is 53.1 Å². The van der Waals surface area contributed by atoms with Gasteiger partial charge in [0.25, 0.3) is 5.89 Å². The Bertz CT molecular complexity index is 949. The van der Waals surface area contributed by atoms with E-state index in [1.807, 2.05) is 25.2 Å². The third kappa shape index (κ3) is 2.97. The van der Waals surface area contributed by atoms with Crippen molar-refractivity contribution >= 4 is 28.9 Å². The van der Waals surface area contributed by atoms with Crippen LogP contribution in [0, 0.1) is 6.92 Å². The first-order valence-electron chi connectivity index (χ1n) is 8.34. The van der Waals surface area contributed by atoms with Gasteiger partial charge >= 0.3 is 0 Å². The fourth-order valence-electron chi connectivity index (χ4n) is 3.12. The van der Waals surface area contributed by atoms with Crippen LogP contribution in [0.5, 0.6) is 0 Å². The number of oxazole rings is 1. The summed E-state index contributed by atoms with van der Waals surface area (Å²) < 4.78 is 11.0. The molecule has 2 aromatic heterocycles. The molecular formula is C19H18ClN3O3. The molecule has 0 unspecified atom stereocenters. The Kier molecular flexibility index (Phi) is 4.20. The first kappa shape index (κ1) is 16.7. The van der Waals surface area contributed by atoms with Crippen LogP contribution in [-0.2, 0) is 11.2 Å². The minimum Gasteiger partial charge on any atom is -0.459 e. The van der Waals surface area contributed by atoms with E-state index in [4.69, 9.17) is 20.4 Å². The molecule has 1 amide bonds. The molecule has 6 nitrogen and oxygen atoms in total. The van der Waals surface area contributed by atoms with Crippen LogP contribution in [-0.4, -0.2) is 31.0 Å². The lowest BCUT2D eigenvalue weighted by Gasteiger charge is -2.35. The number of hydrogen-bond acceptors (Lipinski definition) is 5. The molecule has 0 aliphatic carbocycles. The Labute approximate surface area is 156 Å². The number of likely N-dealkylation sites (N-methyl/N-ethyl adjacent to an activating group) is 1. The first-order chi connectivity index (χ1) is 12.5. The number of hydrogen-bond donors (Lipinski definition) is 0. The summed E-state index contributed by atoms with van der Waals surface area (Å²) in [7, 11) is 2.01. The maximum Gasteiger partial charge on any atom is 0.263 e. The molecule has 26 heavy (non-hydrogen) atoms. The second-order valence-electron chi connectivity index (χ2n) is 6.28. The third-order valence-electron chi connectivity index (χ3n) is 4.54. The number of nitrogens with zero attached hydrogens (tertiary/aromatic N) is 3. The van der Waals surface area contributed by atoms with Crippen molar-refractivity contribution in [1.29, 1.82) is 0 Å². The van der Waals surface area contributed by atoms with Gasteiger partial charge in [-0.25, -0.2) is 4.98 Å². The molecule has 3 aromatic rings. The lowest BCUT2D eigenvalue weighted by Crippen LogP contribution is -2.43. The van der Waals surface area contributed by atoms with E-state index in [0.717, 1.165) is 17.9 Å². The maximum atomic E-state index is 13.0. The van der Waals surface area contributed by atoms with E-state index < -0.39 is 0 Å². The molecular weight excluding hydrogens is 354 g/mol. The summed E-state index contributed by atoms with van der Waals surface area (Å²) in [6, 6.07) is 9.14. The summed E-state index contributed by atoms with van der Waals surface area (Å²) in [5, 5.41) is 0.606. The van der Waals surface area contributed by atoms with E-state index in [1.165, 1.54) is 0 Å². The molecule has 3 heterocycles. The smallest absolute Gasteiger partial charge is 0.263 e. The van der Waals surface area contributed by atoms with Crippen LogP contribution in [0.15, 0.2) is 45.4 Å². The number of amides is 1. The van der Waals surface area contributed by atoms with Gasteiger partial charge in [-0.05, 0) is 37.3 Å². The highest BCUT2D eigenvalue weighted by molar-refractivity contribution is 6.31. The largest absolute Gasteiger partial charge is 0.459 e. The monoisotopic (exact) mass is 371 g/mol. The van der Waals surface area contributed by atoms with Crippen molar-refractivity contribution in [1.82, 2.24) is 4.98 Å². The summed E-state index contributed by atoms with van der Waals surface area (Å²) >= 11 is 6.15. The van der Waals surface area contributed by atoms with Gasteiger partial charge in [-0.1, -0.05) is 11.6 Å². The highest BCUT2D eigenvalue weighted by Gasteiger charge is 2.27. The Morgan fingerprint density at radius 3 is 2.88 bits per heavy atom. The molecule has 0 N–H and O–H groups in total. The number of fused-ring (bicyclic) bond motifs is 1. The van der Waals surface area contributed by atoms with Crippen LogP contribution in [0.4, 0.5) is 11.4 Å². The number of benzene rings is 1. The number of aryl methyl sites for hydroxylation is 1. The SMILES string of the molecule is Cc1oc(-c2ccco2)nc1CC(=O)N1CCN(C)c2ccc(Cl)cc21. The second-order valence-corrected chi connectivity index (χ2v) is 6.71. The topological polar surface area (TPSA) is 62.7 Å². The summed E-state index contributed by atoms with van der Waals surface area (Å²) in [5.74, 6) is 1.51. The van der Waals surface area contributed by atoms with Crippen molar-refractivity contribution in [3.8, 4) is 11.7 Å². The predicted octanol–water partition coefficient (Wildman–Crippen LogP) is 3.92. The average molecular weight is 372 g/mol. The normalized spacial score (nSPS) is 13.8. The van der Waals surface area contributed by atoms with Gasteiger partial charge < -0.3 is 18.6 Å². The second kappa shape index (κ2) is 6.53. The molecule has 1 aliphatic rings. The molecule has 134 valence electrons. The van der Waals surface area contributed by atoms with Crippen LogP contribution < -0.4 is 9.80 Å². The van der Waals surface area contributed by atoms with Gasteiger partial charge in [0.05, 0.1) is 29.8 Å². The Hall–Kier alpha value is -2.73. The van der Waals surface area contributed by atoms with Crippen molar-refractivity contribution in [2.24, 2.45) is 0 Å². The molecule has 0 spiro atoms. The van der Waals surface area contributed by atoms with Gasteiger partial charge in [-0.3, -0.25) is 4.79 Å². The summed E-state index contributed by atoms with van der Waals surface area (Å²) in [6.07, 6.45) is 1.72. The van der Waals surface area contributed by atoms with Crippen LogP contribution in [0.3, 0.4) is 0 Å². The van der Waals surface area contributed by atoms with Crippen LogP contribution >= 0.6 is 11.6 Å². The number of furan rings is 1. The Morgan fingerprint density at radius 2 is 2.12 bits per heavy atom. The van der Waals surface area contributed by atoms with E-state index in [-0.39, 0.29) is 12.3 Å². The zero-order chi connectivity index (χ0) is 18.3. The molecule has 0 saturated carbocycles. The van der Waals surface area contributed by atoms with Gasteiger partial charge in [0.2, 0.25) is 5.91 Å². The zero-order valence-electron chi connectivity index (χ0n) is 14.5. The lowest BCUT2D eigenvalue weighted by atomic mass is 10.1. The lowest BCUT2D eigenvalue weighted by molar-refractivity contribution is -0.118. The van der Waals surface area contributed by atoms with E-state index >= 15 is 0 Å². The fraction of sp³-hybridized carbons (Fsp3) is 0.263. The third-order valence-corrected chi connectivity index (χ3v) is 4.78. The van der Waals surface area contributed by atoms with Crippen molar-refractivity contribution in [2.75, 3.05) is 29.9 Å². The molecule has 7 heteroatoms. The van der Waals surface area contributed by atoms with Gasteiger partial charge in [0, 0.05) is 25.2 Å². The highest BCUT2D eigenvalue weighted by atomic mass is 35.5. The Balaban J connectivity index is 1.60. The standard InChI is InChI=1S/C19H18ClN3O3/c1-12-14(21-19(26-12)17-4-3-9-25-17)11-18(24)23-8-7-22(2)15-6-5-13(20)10-16(15)23/h3-6,9-10H,7-8,11H2,1-2H3. The molecule has 1 aromatic carbocycles. The molecule has 4 rings (SSSR count). The summed E-state index contributed by atoms with van der Waals surface area (Å²) in [6.45, 7) is 3.16. The van der Waals surface area contributed by atoms with E-state index in [1.54, 1.807) is 30.2 Å². The Morgan fingerprint density at radius 1 is 1.27 bits per heavy atom. The average Bonchev–Trinajstić information content (AvgIpc) is 3.25. The number of anilines is 2. The van der Waals surface area contributed by atoms with E-state index in [9.17, 15) is 4.79 Å². The van der Waals surface area contributed by atoms with Gasteiger partial charge in [-0.2, -0.15) is 0 Å². The van der Waals surface area contributed by atoms with Crippen LogP contribution in [0.25, 0.3) is 11.7 Å². The summed E-state index contributed by atoms with van der Waals surface area (Å²) in [5.41, 5.74) is 2.43. The summed E-state index contributed by atoms with van der Waals surface area (Å²) in [4.78, 5) is 21.3. The molecule has 0 radical (unpaired) electrons. The number of halogens is 1. The number of rotatable bonds is 3. The van der Waals surface area contributed by atoms with Crippen molar-refractivity contribution < 1.29 is 13.6 Å². The minimum absolute atomic E-state index is 0.0380. The van der Waals surface area contributed by atoms with Gasteiger partial charge in [0.15, 0.2) is 5.76 Å². The molecule has 1 aliphatic heterocycles. The molecule has 0 fully saturated rings. The molecule has 0 saturated heterocycles. The highest BCUT2D eigenvalue weighted by Crippen LogP contribution is 2.35. The zero-order valence-corrected chi connectivity index (χ0v) is 15.3. The predicted molar refractivity (Wildman–Crippen MR) is 99.7 cm³/mol.